The molecule has 0 fully saturated rings. The molecule has 25 heavy (non-hydrogen) atoms. The number of hydrogen-bond acceptors (Lipinski definition) is 6. The fraction of sp³-hybridized carbons (Fsp3) is 0.294. The molecule has 0 bridgehead atoms. The van der Waals surface area contributed by atoms with Gasteiger partial charge in [-0.25, -0.2) is 0 Å². The smallest absolute Gasteiger partial charge is 0.230 e. The lowest BCUT2D eigenvalue weighted by atomic mass is 10.1. The van der Waals surface area contributed by atoms with E-state index in [1.165, 1.54) is 27.8 Å². The van der Waals surface area contributed by atoms with Crippen LogP contribution in [0.1, 0.15) is 16.0 Å². The zero-order chi connectivity index (χ0) is 17.6. The molecule has 0 spiro atoms. The summed E-state index contributed by atoms with van der Waals surface area (Å²) in [6.45, 7) is 4.76. The minimum atomic E-state index is -0.0174. The summed E-state index contributed by atoms with van der Waals surface area (Å²) in [4.78, 5) is 13.3. The first-order chi connectivity index (χ1) is 12.1. The van der Waals surface area contributed by atoms with Crippen LogP contribution in [-0.2, 0) is 11.2 Å². The molecular formula is C17H19N5OS2. The molecule has 8 heteroatoms. The number of benzene rings is 1. The number of hydrogen-bond donors (Lipinski definition) is 1. The Bertz CT molecular complexity index is 845. The number of nitrogens with zero attached hydrogens (tertiary/aromatic N) is 4. The highest BCUT2D eigenvalue weighted by Gasteiger charge is 2.12. The third-order valence-corrected chi connectivity index (χ3v) is 5.64. The van der Waals surface area contributed by atoms with Crippen LogP contribution in [0.25, 0.3) is 5.69 Å². The SMILES string of the molecule is Cc1ccc(-n2nnnc2SCC(=O)NCCc2cccs2)cc1C. The van der Waals surface area contributed by atoms with E-state index in [1.807, 2.05) is 29.6 Å². The summed E-state index contributed by atoms with van der Waals surface area (Å²) in [5.41, 5.74) is 3.29. The van der Waals surface area contributed by atoms with Gasteiger partial charge in [-0.2, -0.15) is 4.68 Å². The quantitative estimate of drug-likeness (QED) is 0.645. The number of tetrazole rings is 1. The molecule has 0 saturated carbocycles. The summed E-state index contributed by atoms with van der Waals surface area (Å²) in [6.07, 6.45) is 0.856. The Kier molecular flexibility index (Phi) is 5.83. The largest absolute Gasteiger partial charge is 0.355 e. The molecule has 130 valence electrons. The van der Waals surface area contributed by atoms with Gasteiger partial charge in [-0.05, 0) is 65.4 Å². The lowest BCUT2D eigenvalue weighted by Crippen LogP contribution is -2.27. The molecule has 6 nitrogen and oxygen atoms in total. The van der Waals surface area contributed by atoms with Gasteiger partial charge in [0.15, 0.2) is 0 Å². The molecule has 2 aromatic heterocycles. The number of aromatic nitrogens is 4. The topological polar surface area (TPSA) is 72.7 Å². The number of nitrogens with one attached hydrogen (secondary N) is 1. The van der Waals surface area contributed by atoms with Crippen LogP contribution in [0.5, 0.6) is 0 Å². The number of thioether (sulfide) groups is 1. The Morgan fingerprint density at radius 3 is 2.92 bits per heavy atom. The van der Waals surface area contributed by atoms with E-state index in [1.54, 1.807) is 16.0 Å². The molecule has 0 radical (unpaired) electrons. The van der Waals surface area contributed by atoms with Crippen LogP contribution < -0.4 is 5.32 Å². The van der Waals surface area contributed by atoms with Crippen LogP contribution in [-0.4, -0.2) is 38.4 Å². The van der Waals surface area contributed by atoms with Gasteiger partial charge in [0, 0.05) is 11.4 Å². The van der Waals surface area contributed by atoms with Crippen molar-refractivity contribution in [2.24, 2.45) is 0 Å². The van der Waals surface area contributed by atoms with Crippen molar-refractivity contribution >= 4 is 29.0 Å². The standard InChI is InChI=1S/C17H19N5OS2/c1-12-5-6-14(10-13(12)2)22-17(19-20-21-22)25-11-16(23)18-8-7-15-4-3-9-24-15/h3-6,9-10H,7-8,11H2,1-2H3,(H,18,23). The summed E-state index contributed by atoms with van der Waals surface area (Å²) in [6, 6.07) is 10.1. The number of rotatable bonds is 7. The van der Waals surface area contributed by atoms with Crippen molar-refractivity contribution in [3.63, 3.8) is 0 Å². The molecule has 2 heterocycles. The summed E-state index contributed by atoms with van der Waals surface area (Å²) >= 11 is 3.03. The fourth-order valence-corrected chi connectivity index (χ4v) is 3.68. The van der Waals surface area contributed by atoms with Gasteiger partial charge < -0.3 is 5.32 Å². The number of carbonyl (C=O) groups is 1. The van der Waals surface area contributed by atoms with E-state index in [9.17, 15) is 4.79 Å². The van der Waals surface area contributed by atoms with Gasteiger partial charge in [0.2, 0.25) is 11.1 Å². The minimum absolute atomic E-state index is 0.0174. The van der Waals surface area contributed by atoms with E-state index < -0.39 is 0 Å². The van der Waals surface area contributed by atoms with E-state index in [4.69, 9.17) is 0 Å². The van der Waals surface area contributed by atoms with Crippen LogP contribution >= 0.6 is 23.1 Å². The Hall–Kier alpha value is -2.19. The van der Waals surface area contributed by atoms with E-state index in [-0.39, 0.29) is 11.7 Å². The predicted octanol–water partition coefficient (Wildman–Crippen LogP) is 2.79. The first-order valence-electron chi connectivity index (χ1n) is 7.91. The van der Waals surface area contributed by atoms with Crippen LogP contribution in [0, 0.1) is 13.8 Å². The molecular weight excluding hydrogens is 354 g/mol. The van der Waals surface area contributed by atoms with E-state index in [0.717, 1.165) is 12.1 Å². The zero-order valence-corrected chi connectivity index (χ0v) is 15.7. The second-order valence-corrected chi connectivity index (χ2v) is 7.58. The van der Waals surface area contributed by atoms with Gasteiger partial charge in [-0.1, -0.05) is 23.9 Å². The van der Waals surface area contributed by atoms with Crippen molar-refractivity contribution < 1.29 is 4.79 Å². The zero-order valence-electron chi connectivity index (χ0n) is 14.1. The maximum atomic E-state index is 12.0. The van der Waals surface area contributed by atoms with Gasteiger partial charge in [-0.3, -0.25) is 4.79 Å². The molecule has 3 aromatic rings. The molecule has 0 saturated heterocycles. The van der Waals surface area contributed by atoms with Crippen LogP contribution in [0.15, 0.2) is 40.9 Å². The Morgan fingerprint density at radius 2 is 2.16 bits per heavy atom. The van der Waals surface area contributed by atoms with Crippen molar-refractivity contribution in [3.8, 4) is 5.69 Å². The maximum Gasteiger partial charge on any atom is 0.230 e. The van der Waals surface area contributed by atoms with E-state index in [0.29, 0.717) is 11.7 Å². The van der Waals surface area contributed by atoms with Crippen molar-refractivity contribution in [3.05, 3.63) is 51.7 Å². The van der Waals surface area contributed by atoms with Crippen LogP contribution in [0.2, 0.25) is 0 Å². The Labute approximate surface area is 154 Å². The monoisotopic (exact) mass is 373 g/mol. The summed E-state index contributed by atoms with van der Waals surface area (Å²) in [5, 5.41) is 17.4. The second kappa shape index (κ2) is 8.26. The predicted molar refractivity (Wildman–Crippen MR) is 100 cm³/mol. The van der Waals surface area contributed by atoms with Gasteiger partial charge >= 0.3 is 0 Å². The molecule has 3 rings (SSSR count). The van der Waals surface area contributed by atoms with Gasteiger partial charge in [0.1, 0.15) is 0 Å². The van der Waals surface area contributed by atoms with E-state index >= 15 is 0 Å². The lowest BCUT2D eigenvalue weighted by molar-refractivity contribution is -0.118. The highest BCUT2D eigenvalue weighted by molar-refractivity contribution is 7.99. The molecule has 0 aliphatic rings. The van der Waals surface area contributed by atoms with Gasteiger partial charge in [-0.15, -0.1) is 16.4 Å². The van der Waals surface area contributed by atoms with Gasteiger partial charge in [0.25, 0.3) is 0 Å². The molecule has 0 aliphatic heterocycles. The van der Waals surface area contributed by atoms with Gasteiger partial charge in [0.05, 0.1) is 11.4 Å². The minimum Gasteiger partial charge on any atom is -0.355 e. The number of amides is 1. The lowest BCUT2D eigenvalue weighted by Gasteiger charge is -2.07. The molecule has 1 aromatic carbocycles. The third-order valence-electron chi connectivity index (χ3n) is 3.78. The average Bonchev–Trinajstić information content (AvgIpc) is 3.27. The average molecular weight is 374 g/mol. The first kappa shape index (κ1) is 17.6. The molecule has 0 unspecified atom stereocenters. The number of aryl methyl sites for hydroxylation is 2. The number of carbonyl (C=O) groups excluding carboxylic acids is 1. The Balaban J connectivity index is 1.54. The summed E-state index contributed by atoms with van der Waals surface area (Å²) in [7, 11) is 0. The molecule has 1 amide bonds. The maximum absolute atomic E-state index is 12.0. The van der Waals surface area contributed by atoms with Crippen LogP contribution in [0.4, 0.5) is 0 Å². The van der Waals surface area contributed by atoms with Crippen molar-refractivity contribution in [2.45, 2.75) is 25.4 Å². The highest BCUT2D eigenvalue weighted by atomic mass is 32.2. The van der Waals surface area contributed by atoms with Crippen LogP contribution in [0.3, 0.4) is 0 Å². The highest BCUT2D eigenvalue weighted by Crippen LogP contribution is 2.20. The second-order valence-electron chi connectivity index (χ2n) is 5.61. The fourth-order valence-electron chi connectivity index (χ4n) is 2.25. The molecule has 1 N–H and O–H groups in total. The number of thiophene rings is 1. The third kappa shape index (κ3) is 4.67. The first-order valence-corrected chi connectivity index (χ1v) is 9.78. The van der Waals surface area contributed by atoms with Crippen molar-refractivity contribution in [1.29, 1.82) is 0 Å². The summed E-state index contributed by atoms with van der Waals surface area (Å²) in [5.74, 6) is 0.270. The Morgan fingerprint density at radius 1 is 1.28 bits per heavy atom. The molecule has 0 aliphatic carbocycles. The normalized spacial score (nSPS) is 10.8. The van der Waals surface area contributed by atoms with Crippen molar-refractivity contribution in [1.82, 2.24) is 25.5 Å². The molecule has 0 atom stereocenters. The van der Waals surface area contributed by atoms with E-state index in [2.05, 4.69) is 40.8 Å². The summed E-state index contributed by atoms with van der Waals surface area (Å²) < 4.78 is 1.66. The van der Waals surface area contributed by atoms with Crippen molar-refractivity contribution in [2.75, 3.05) is 12.3 Å².